The third kappa shape index (κ3) is 4.80. The molecule has 0 saturated carbocycles. The maximum atomic E-state index is 11.5. The number of nitrogens with one attached hydrogen (secondary N) is 2. The Balaban J connectivity index is 1.90. The molecule has 8 heteroatoms. The molecule has 24 heavy (non-hydrogen) atoms. The highest BCUT2D eigenvalue weighted by molar-refractivity contribution is 5.88. The van der Waals surface area contributed by atoms with Crippen molar-refractivity contribution in [2.24, 2.45) is 0 Å². The second kappa shape index (κ2) is 7.12. The van der Waals surface area contributed by atoms with E-state index in [9.17, 15) is 14.9 Å². The smallest absolute Gasteiger partial charge is 0.407 e. The van der Waals surface area contributed by atoms with Gasteiger partial charge in [-0.05, 0) is 39.3 Å². The molecule has 8 nitrogen and oxygen atoms in total. The van der Waals surface area contributed by atoms with E-state index in [1.807, 2.05) is 6.08 Å². The number of hydrogen-bond donors (Lipinski definition) is 2. The van der Waals surface area contributed by atoms with Crippen LogP contribution in [0, 0.1) is 10.1 Å². The van der Waals surface area contributed by atoms with Gasteiger partial charge >= 0.3 is 6.09 Å². The molecular weight excluding hydrogens is 312 g/mol. The van der Waals surface area contributed by atoms with Crippen molar-refractivity contribution in [3.63, 3.8) is 0 Å². The van der Waals surface area contributed by atoms with Crippen LogP contribution in [0.2, 0.25) is 0 Å². The van der Waals surface area contributed by atoms with Gasteiger partial charge < -0.3 is 10.1 Å². The van der Waals surface area contributed by atoms with E-state index in [1.165, 1.54) is 12.1 Å². The van der Waals surface area contributed by atoms with Gasteiger partial charge in [0.05, 0.1) is 16.1 Å². The standard InChI is InChI=1S/C16H20N4O4/c1-16(2,3)24-15(21)17-9-5-4-6-13-12-8-7-11(20(22)23)10-14(12)19-18-13/h4,6-8,10H,5,9H2,1-3H3,(H,17,21)(H,18,19). The first kappa shape index (κ1) is 17.5. The average molecular weight is 332 g/mol. The Labute approximate surface area is 139 Å². The number of fused-ring (bicyclic) bond motifs is 1. The predicted molar refractivity (Wildman–Crippen MR) is 90.6 cm³/mol. The van der Waals surface area contributed by atoms with E-state index >= 15 is 0 Å². The number of rotatable bonds is 5. The molecule has 0 saturated heterocycles. The van der Waals surface area contributed by atoms with Crippen molar-refractivity contribution in [2.75, 3.05) is 6.54 Å². The molecule has 0 spiro atoms. The molecule has 1 amide bonds. The summed E-state index contributed by atoms with van der Waals surface area (Å²) in [4.78, 5) is 21.8. The van der Waals surface area contributed by atoms with Gasteiger partial charge in [0.15, 0.2) is 0 Å². The number of aromatic nitrogens is 2. The highest BCUT2D eigenvalue weighted by Gasteiger charge is 2.15. The number of alkyl carbamates (subject to hydrolysis) is 1. The molecule has 0 aliphatic rings. The molecule has 2 rings (SSSR count). The summed E-state index contributed by atoms with van der Waals surface area (Å²) in [6, 6.07) is 4.55. The number of aromatic amines is 1. The Kier molecular flexibility index (Phi) is 5.18. The number of benzene rings is 1. The van der Waals surface area contributed by atoms with Crippen LogP contribution in [0.1, 0.15) is 32.9 Å². The lowest BCUT2D eigenvalue weighted by molar-refractivity contribution is -0.384. The molecule has 1 heterocycles. The van der Waals surface area contributed by atoms with Gasteiger partial charge in [0.1, 0.15) is 5.60 Å². The molecular formula is C16H20N4O4. The molecule has 0 bridgehead atoms. The van der Waals surface area contributed by atoms with Crippen molar-refractivity contribution < 1.29 is 14.5 Å². The van der Waals surface area contributed by atoms with Crippen molar-refractivity contribution in [2.45, 2.75) is 32.8 Å². The molecule has 0 radical (unpaired) electrons. The summed E-state index contributed by atoms with van der Waals surface area (Å²) in [5.41, 5.74) is 0.798. The zero-order valence-electron chi connectivity index (χ0n) is 13.8. The van der Waals surface area contributed by atoms with Crippen LogP contribution in [-0.2, 0) is 4.74 Å². The predicted octanol–water partition coefficient (Wildman–Crippen LogP) is 3.40. The highest BCUT2D eigenvalue weighted by Crippen LogP contribution is 2.22. The Hall–Kier alpha value is -2.90. The van der Waals surface area contributed by atoms with E-state index < -0.39 is 16.6 Å². The van der Waals surface area contributed by atoms with Crippen LogP contribution in [0.4, 0.5) is 10.5 Å². The van der Waals surface area contributed by atoms with Crippen LogP contribution < -0.4 is 5.32 Å². The molecule has 0 atom stereocenters. The number of ether oxygens (including phenoxy) is 1. The summed E-state index contributed by atoms with van der Waals surface area (Å²) in [6.45, 7) is 5.86. The van der Waals surface area contributed by atoms with Gasteiger partial charge in [-0.2, -0.15) is 5.10 Å². The van der Waals surface area contributed by atoms with Crippen LogP contribution in [0.15, 0.2) is 24.3 Å². The fourth-order valence-electron chi connectivity index (χ4n) is 2.04. The second-order valence-corrected chi connectivity index (χ2v) is 6.22. The maximum absolute atomic E-state index is 11.5. The maximum Gasteiger partial charge on any atom is 0.407 e. The largest absolute Gasteiger partial charge is 0.444 e. The van der Waals surface area contributed by atoms with E-state index in [1.54, 1.807) is 32.9 Å². The van der Waals surface area contributed by atoms with E-state index in [0.717, 1.165) is 5.39 Å². The number of amides is 1. The number of carbonyl (C=O) groups excluding carboxylic acids is 1. The molecule has 128 valence electrons. The first-order valence-corrected chi connectivity index (χ1v) is 7.52. The normalized spacial score (nSPS) is 11.8. The molecule has 0 aliphatic heterocycles. The average Bonchev–Trinajstić information content (AvgIpc) is 2.87. The van der Waals surface area contributed by atoms with Crippen molar-refractivity contribution in [1.29, 1.82) is 0 Å². The monoisotopic (exact) mass is 332 g/mol. The lowest BCUT2D eigenvalue weighted by atomic mass is 10.2. The quantitative estimate of drug-likeness (QED) is 0.495. The Morgan fingerprint density at radius 2 is 2.21 bits per heavy atom. The van der Waals surface area contributed by atoms with Crippen molar-refractivity contribution in [1.82, 2.24) is 15.5 Å². The lowest BCUT2D eigenvalue weighted by Crippen LogP contribution is -2.32. The summed E-state index contributed by atoms with van der Waals surface area (Å²) >= 11 is 0. The molecule has 0 unspecified atom stereocenters. The zero-order valence-corrected chi connectivity index (χ0v) is 13.8. The number of nitrogens with zero attached hydrogens (tertiary/aromatic N) is 2. The van der Waals surface area contributed by atoms with Crippen molar-refractivity contribution in [3.05, 3.63) is 40.1 Å². The number of H-pyrrole nitrogens is 1. The second-order valence-electron chi connectivity index (χ2n) is 6.22. The van der Waals surface area contributed by atoms with Gasteiger partial charge in [0, 0.05) is 24.1 Å². The lowest BCUT2D eigenvalue weighted by Gasteiger charge is -2.19. The summed E-state index contributed by atoms with van der Waals surface area (Å²) in [7, 11) is 0. The fraction of sp³-hybridized carbons (Fsp3) is 0.375. The summed E-state index contributed by atoms with van der Waals surface area (Å²) in [5.74, 6) is 0. The third-order valence-corrected chi connectivity index (χ3v) is 3.04. The Morgan fingerprint density at radius 1 is 1.46 bits per heavy atom. The third-order valence-electron chi connectivity index (χ3n) is 3.04. The first-order chi connectivity index (χ1) is 11.3. The molecule has 2 N–H and O–H groups in total. The number of non-ortho nitro benzene ring substituents is 1. The van der Waals surface area contributed by atoms with Crippen molar-refractivity contribution >= 4 is 28.8 Å². The van der Waals surface area contributed by atoms with Crippen LogP contribution in [0.3, 0.4) is 0 Å². The summed E-state index contributed by atoms with van der Waals surface area (Å²) < 4.78 is 5.13. The minimum absolute atomic E-state index is 0.0169. The minimum atomic E-state index is -0.517. The Bertz CT molecular complexity index is 774. The zero-order chi connectivity index (χ0) is 17.7. The number of carbonyl (C=O) groups is 1. The van der Waals surface area contributed by atoms with Crippen LogP contribution in [-0.4, -0.2) is 33.4 Å². The van der Waals surface area contributed by atoms with Gasteiger partial charge in [-0.3, -0.25) is 15.2 Å². The fourth-order valence-corrected chi connectivity index (χ4v) is 2.04. The van der Waals surface area contributed by atoms with Gasteiger partial charge in [-0.25, -0.2) is 4.79 Å². The topological polar surface area (TPSA) is 110 Å². The van der Waals surface area contributed by atoms with Crippen LogP contribution >= 0.6 is 0 Å². The van der Waals surface area contributed by atoms with E-state index in [4.69, 9.17) is 4.74 Å². The summed E-state index contributed by atoms with van der Waals surface area (Å²) in [6.07, 6.45) is 3.84. The number of nitro groups is 1. The molecule has 0 fully saturated rings. The van der Waals surface area contributed by atoms with Gasteiger partial charge in [0.2, 0.25) is 0 Å². The number of hydrogen-bond acceptors (Lipinski definition) is 5. The molecule has 1 aromatic carbocycles. The highest BCUT2D eigenvalue weighted by atomic mass is 16.6. The van der Waals surface area contributed by atoms with Crippen LogP contribution in [0.25, 0.3) is 17.0 Å². The SMILES string of the molecule is CC(C)(C)OC(=O)NCCC=Cc1n[nH]c2cc([N+](=O)[O-])ccc12. The summed E-state index contributed by atoms with van der Waals surface area (Å²) in [5, 5.41) is 21.1. The minimum Gasteiger partial charge on any atom is -0.444 e. The van der Waals surface area contributed by atoms with Crippen LogP contribution in [0.5, 0.6) is 0 Å². The van der Waals surface area contributed by atoms with E-state index in [0.29, 0.717) is 24.2 Å². The molecule has 1 aromatic heterocycles. The number of nitro benzene ring substituents is 1. The van der Waals surface area contributed by atoms with Gasteiger partial charge in [-0.15, -0.1) is 0 Å². The van der Waals surface area contributed by atoms with Crippen molar-refractivity contribution in [3.8, 4) is 0 Å². The molecule has 0 aliphatic carbocycles. The van der Waals surface area contributed by atoms with Gasteiger partial charge in [0.25, 0.3) is 5.69 Å². The molecule has 2 aromatic rings. The Morgan fingerprint density at radius 3 is 2.88 bits per heavy atom. The van der Waals surface area contributed by atoms with E-state index in [-0.39, 0.29) is 5.69 Å². The van der Waals surface area contributed by atoms with Gasteiger partial charge in [-0.1, -0.05) is 6.08 Å². The van der Waals surface area contributed by atoms with E-state index in [2.05, 4.69) is 15.5 Å². The first-order valence-electron chi connectivity index (χ1n) is 7.52.